The summed E-state index contributed by atoms with van der Waals surface area (Å²) in [6.45, 7) is -11.9. The fourth-order valence-corrected chi connectivity index (χ4v) is 8.77. The van der Waals surface area contributed by atoms with Gasteiger partial charge >= 0.3 is 53.7 Å². The fourth-order valence-electron chi connectivity index (χ4n) is 8.77. The number of aliphatic carboxylic acids is 9. The molecule has 0 aliphatic rings. The van der Waals surface area contributed by atoms with Crippen LogP contribution in [0.4, 0.5) is 0 Å². The lowest BCUT2D eigenvalue weighted by atomic mass is 10.0. The Morgan fingerprint density at radius 2 is 0.457 bits per heavy atom. The van der Waals surface area contributed by atoms with Crippen molar-refractivity contribution in [2.24, 2.45) is 0 Å². The average molecular weight is 1510 g/mol. The van der Waals surface area contributed by atoms with E-state index in [-0.39, 0.29) is 24.9 Å². The molecule has 0 saturated carbocycles. The van der Waals surface area contributed by atoms with Gasteiger partial charge in [0.1, 0.15) is 28.4 Å². The molecule has 594 valence electrons. The molecule has 0 bridgehead atoms. The topological polar surface area (TPSA) is 609 Å². The zero-order chi connectivity index (χ0) is 78.4. The van der Waals surface area contributed by atoms with E-state index < -0.39 is 341 Å². The van der Waals surface area contributed by atoms with Crippen LogP contribution >= 0.6 is 0 Å². The first kappa shape index (κ1) is 94.0. The third-order valence-corrected chi connectivity index (χ3v) is 13.9. The first-order chi connectivity index (χ1) is 49.9. The molecule has 0 atom stereocenters. The lowest BCUT2D eigenvalue weighted by molar-refractivity contribution is -0.142. The molecule has 14 N–H and O–H groups in total. The van der Waals surface area contributed by atoms with Crippen LogP contribution in [0.15, 0.2) is 24.3 Å². The van der Waals surface area contributed by atoms with E-state index in [1.165, 1.54) is 24.3 Å². The van der Waals surface area contributed by atoms with Gasteiger partial charge in [0.25, 0.3) is 5.91 Å². The van der Waals surface area contributed by atoms with Gasteiger partial charge in [-0.2, -0.15) is 0 Å². The molecular formula is C64H97N5O36. The van der Waals surface area contributed by atoms with E-state index >= 15 is 0 Å². The van der Waals surface area contributed by atoms with Gasteiger partial charge < -0.3 is 129 Å². The van der Waals surface area contributed by atoms with Gasteiger partial charge in [0.2, 0.25) is 23.6 Å². The molecule has 0 aromatic heterocycles. The summed E-state index contributed by atoms with van der Waals surface area (Å²) in [5, 5.41) is 96.7. The Kier molecular flexibility index (Phi) is 48.9. The number of ether oxygens (including phenoxy) is 12. The third-order valence-electron chi connectivity index (χ3n) is 13.9. The summed E-state index contributed by atoms with van der Waals surface area (Å²) >= 11 is 0. The van der Waals surface area contributed by atoms with E-state index in [1.807, 2.05) is 0 Å². The Balaban J connectivity index is 3.98. The number of hydrogen-bond donors (Lipinski definition) is 14. The summed E-state index contributed by atoms with van der Waals surface area (Å²) in [4.78, 5) is 183. The molecule has 1 rings (SSSR count). The summed E-state index contributed by atoms with van der Waals surface area (Å²) in [6.07, 6.45) is -5.98. The van der Waals surface area contributed by atoms with Crippen LogP contribution in [0.25, 0.3) is 0 Å². The van der Waals surface area contributed by atoms with E-state index in [2.05, 4.69) is 26.6 Å². The Labute approximate surface area is 601 Å². The molecule has 0 spiro atoms. The minimum absolute atomic E-state index is 0.0331. The number of carboxylic acid groups (broad SMARTS) is 9. The summed E-state index contributed by atoms with van der Waals surface area (Å²) in [6, 6.07) is 5.62. The van der Waals surface area contributed by atoms with Gasteiger partial charge in [0, 0.05) is 43.4 Å². The number of benzene rings is 1. The van der Waals surface area contributed by atoms with Gasteiger partial charge in [0.05, 0.1) is 216 Å². The molecule has 0 unspecified atom stereocenters. The highest BCUT2D eigenvalue weighted by Crippen LogP contribution is 2.17. The van der Waals surface area contributed by atoms with Gasteiger partial charge in [-0.3, -0.25) is 71.9 Å². The normalized spacial score (nSPS) is 11.6. The van der Waals surface area contributed by atoms with Crippen LogP contribution in [0.1, 0.15) is 111 Å². The first-order valence-electron chi connectivity index (χ1n) is 32.8. The predicted octanol–water partition coefficient (Wildman–Crippen LogP) is -1.93. The van der Waals surface area contributed by atoms with Crippen molar-refractivity contribution < 1.29 is 175 Å². The second-order valence-electron chi connectivity index (χ2n) is 23.6. The van der Waals surface area contributed by atoms with Gasteiger partial charge in [-0.15, -0.1) is 0 Å². The van der Waals surface area contributed by atoms with E-state index in [0.717, 1.165) is 0 Å². The lowest BCUT2D eigenvalue weighted by Crippen LogP contribution is -2.60. The average Bonchev–Trinajstić information content (AvgIpc) is 0.875. The smallest absolute Gasteiger partial charge is 0.305 e. The first-order valence-corrected chi connectivity index (χ1v) is 32.8. The fraction of sp³-hybridized carbons (Fsp3) is 0.672. The van der Waals surface area contributed by atoms with Crippen LogP contribution in [0, 0.1) is 0 Å². The van der Waals surface area contributed by atoms with E-state index in [4.69, 9.17) is 56.8 Å². The van der Waals surface area contributed by atoms with Gasteiger partial charge in [-0.1, -0.05) is 12.1 Å². The van der Waals surface area contributed by atoms with Gasteiger partial charge in [-0.05, 0) is 18.6 Å². The molecule has 5 amide bonds. The van der Waals surface area contributed by atoms with Crippen LogP contribution in [0.2, 0.25) is 0 Å². The van der Waals surface area contributed by atoms with Crippen molar-refractivity contribution >= 4 is 89.5 Å². The minimum atomic E-state index is -1.92. The number of carbonyl (C=O) groups is 15. The number of hydrogen-bond acceptors (Lipinski definition) is 27. The molecule has 1 aromatic carbocycles. The highest BCUT2D eigenvalue weighted by atomic mass is 16.5. The van der Waals surface area contributed by atoms with Crippen molar-refractivity contribution in [1.82, 2.24) is 26.6 Å². The molecule has 0 radical (unpaired) electrons. The van der Waals surface area contributed by atoms with Crippen LogP contribution < -0.4 is 26.6 Å². The number of nitrogens with one attached hydrogen (secondary N) is 5. The number of carboxylic acids is 9. The Morgan fingerprint density at radius 1 is 0.276 bits per heavy atom. The second-order valence-corrected chi connectivity index (χ2v) is 23.6. The van der Waals surface area contributed by atoms with Crippen molar-refractivity contribution in [2.75, 3.05) is 165 Å². The quantitative estimate of drug-likeness (QED) is 0.0249. The van der Waals surface area contributed by atoms with Crippen LogP contribution in [0.3, 0.4) is 0 Å². The highest BCUT2D eigenvalue weighted by molar-refractivity contribution is 5.95. The van der Waals surface area contributed by atoms with Crippen LogP contribution in [0.5, 0.6) is 0 Å². The minimum Gasteiger partial charge on any atom is -0.481 e. The maximum atomic E-state index is 14.2. The number of rotatable bonds is 70. The summed E-state index contributed by atoms with van der Waals surface area (Å²) in [5.74, 6) is -15.1. The highest BCUT2D eigenvalue weighted by Gasteiger charge is 2.39. The van der Waals surface area contributed by atoms with E-state index in [0.29, 0.717) is 11.8 Å². The van der Waals surface area contributed by atoms with Crippen LogP contribution in [-0.4, -0.2) is 323 Å². The van der Waals surface area contributed by atoms with Crippen molar-refractivity contribution in [2.45, 2.75) is 112 Å². The van der Waals surface area contributed by atoms with E-state index in [1.54, 1.807) is 0 Å². The van der Waals surface area contributed by atoms with Crippen LogP contribution in [-0.2, 0) is 119 Å². The molecule has 41 heteroatoms. The SMILES string of the molecule is O=Cc1ccc(C(=O)NCCCC(=O)NC(COCCC(=O)NC(COCCC(=O)O)(COCCC(=O)O)COCCC(=O)O)(COCCC(=O)NC(COCCC(=O)O)(COCCC(=O)O)COCCC(=O)O)COCCC(=O)NC(COCCC(=O)O)(COCCC(=O)O)COCCC(=O)O)cc1. The third kappa shape index (κ3) is 48.6. The summed E-state index contributed by atoms with van der Waals surface area (Å²) in [7, 11) is 0. The summed E-state index contributed by atoms with van der Waals surface area (Å²) < 4.78 is 68.4. The molecule has 0 fully saturated rings. The number of carbonyl (C=O) groups excluding carboxylic acids is 6. The van der Waals surface area contributed by atoms with Crippen molar-refractivity contribution in [3.05, 3.63) is 35.4 Å². The number of aldehydes is 1. The molecule has 1 aromatic rings. The molecule has 0 saturated heterocycles. The molecule has 105 heavy (non-hydrogen) atoms. The lowest BCUT2D eigenvalue weighted by Gasteiger charge is -2.35. The standard InChI is InChI=1S/C64H97N5O36/c70-32-45-3-5-46(6-4-45)60(93)65-19-1-2-47(71)66-61(33-94-20-7-48(72)67-62(36-97-23-10-51(75)76,37-98-24-11-52(77)78)38-99-25-12-53(79)80,34-95-21-8-49(73)68-63(39-100-26-13-54(81)82,40-101-27-14-55(83)84)41-102-28-15-56(85)86)35-96-22-9-50(74)69-64(42-103-29-16-57(87)88,43-104-30-17-58(89)90)44-105-31-18-59(91)92/h3-6,32H,1-2,7-31,33-44H2,(H,65,93)(H,66,71)(H,67,72)(H,68,73)(H,69,74)(H,75,76)(H,77,78)(H,79,80)(H,81,82)(H,83,84)(H,85,86)(H,87,88)(H,89,90)(H,91,92). The molecule has 41 nitrogen and oxygen atoms in total. The molecule has 0 aliphatic carbocycles. The summed E-state index contributed by atoms with van der Waals surface area (Å²) in [5.41, 5.74) is -6.63. The second kappa shape index (κ2) is 54.6. The predicted molar refractivity (Wildman–Crippen MR) is 351 cm³/mol. The van der Waals surface area contributed by atoms with Crippen molar-refractivity contribution in [3.63, 3.8) is 0 Å². The van der Waals surface area contributed by atoms with Crippen molar-refractivity contribution in [3.8, 4) is 0 Å². The van der Waals surface area contributed by atoms with E-state index in [9.17, 15) is 118 Å². The molecule has 0 heterocycles. The Morgan fingerprint density at radius 3 is 0.638 bits per heavy atom. The zero-order valence-corrected chi connectivity index (χ0v) is 58.0. The monoisotopic (exact) mass is 1510 g/mol. The maximum absolute atomic E-state index is 14.2. The molecule has 0 aliphatic heterocycles. The van der Waals surface area contributed by atoms with Gasteiger partial charge in [-0.25, -0.2) is 0 Å². The zero-order valence-electron chi connectivity index (χ0n) is 58.0. The number of amides is 5. The Bertz CT molecular complexity index is 2480. The van der Waals surface area contributed by atoms with Crippen molar-refractivity contribution in [1.29, 1.82) is 0 Å². The Hall–Kier alpha value is -9.01. The molecular weight excluding hydrogens is 1410 g/mol. The largest absolute Gasteiger partial charge is 0.481 e. The van der Waals surface area contributed by atoms with Gasteiger partial charge in [0.15, 0.2) is 0 Å². The maximum Gasteiger partial charge on any atom is 0.305 e.